The van der Waals surface area contributed by atoms with Gasteiger partial charge in [0.25, 0.3) is 0 Å². The topological polar surface area (TPSA) is 63.8 Å². The third-order valence-electron chi connectivity index (χ3n) is 2.24. The van der Waals surface area contributed by atoms with Crippen LogP contribution in [0.2, 0.25) is 0 Å². The maximum Gasteiger partial charge on any atom is 0.416 e. The molecule has 2 rings (SSSR count). The zero-order valence-electron chi connectivity index (χ0n) is 9.37. The van der Waals surface area contributed by atoms with Crippen molar-refractivity contribution in [3.8, 4) is 0 Å². The number of aromatic nitrogens is 2. The third kappa shape index (κ3) is 3.09. The summed E-state index contributed by atoms with van der Waals surface area (Å²) in [7, 11) is 0. The van der Waals surface area contributed by atoms with Gasteiger partial charge in [0, 0.05) is 0 Å². The average Bonchev–Trinajstić information content (AvgIpc) is 2.33. The van der Waals surface area contributed by atoms with Crippen LogP contribution in [0.3, 0.4) is 0 Å². The molecule has 1 aromatic carbocycles. The monoisotopic (exact) mass is 272 g/mol. The lowest BCUT2D eigenvalue weighted by Crippen LogP contribution is -2.07. The Morgan fingerprint density at radius 1 is 1.05 bits per heavy atom. The first-order valence-electron chi connectivity index (χ1n) is 5.09. The Labute approximate surface area is 105 Å². The van der Waals surface area contributed by atoms with Crippen molar-refractivity contribution in [3.05, 3.63) is 41.7 Å². The normalized spacial score (nSPS) is 11.4. The molecule has 0 radical (unpaired) electrons. The highest BCUT2D eigenvalue weighted by atomic mass is 19.4. The minimum atomic E-state index is -4.54. The van der Waals surface area contributed by atoms with Crippen molar-refractivity contribution in [2.24, 2.45) is 0 Å². The first kappa shape index (κ1) is 13.1. The van der Waals surface area contributed by atoms with Crippen molar-refractivity contribution in [2.75, 3.05) is 11.1 Å². The number of nitrogen functional groups attached to an aromatic ring is 1. The fraction of sp³-hybridized carbons (Fsp3) is 0.0909. The number of hydrogen-bond donors (Lipinski definition) is 2. The van der Waals surface area contributed by atoms with Crippen molar-refractivity contribution >= 4 is 17.3 Å². The van der Waals surface area contributed by atoms with Crippen molar-refractivity contribution in [2.45, 2.75) is 6.18 Å². The minimum absolute atomic E-state index is 0.0902. The largest absolute Gasteiger partial charge is 0.416 e. The highest BCUT2D eigenvalue weighted by molar-refractivity contribution is 5.58. The van der Waals surface area contributed by atoms with E-state index in [-0.39, 0.29) is 17.3 Å². The maximum atomic E-state index is 13.4. The van der Waals surface area contributed by atoms with Gasteiger partial charge in [0.2, 0.25) is 0 Å². The Morgan fingerprint density at radius 3 is 2.37 bits per heavy atom. The molecule has 0 spiro atoms. The molecule has 0 aliphatic rings. The van der Waals surface area contributed by atoms with E-state index in [1.165, 1.54) is 12.1 Å². The number of hydrogen-bond acceptors (Lipinski definition) is 4. The molecule has 8 heteroatoms. The fourth-order valence-corrected chi connectivity index (χ4v) is 1.34. The van der Waals surface area contributed by atoms with E-state index in [1.807, 2.05) is 0 Å². The Kier molecular flexibility index (Phi) is 3.24. The zero-order valence-corrected chi connectivity index (χ0v) is 9.37. The Hall–Kier alpha value is -2.38. The number of halogens is 4. The van der Waals surface area contributed by atoms with Crippen LogP contribution < -0.4 is 11.1 Å². The molecule has 0 unspecified atom stereocenters. The summed E-state index contributed by atoms with van der Waals surface area (Å²) in [4.78, 5) is 0. The molecule has 0 aliphatic carbocycles. The second kappa shape index (κ2) is 4.71. The van der Waals surface area contributed by atoms with Gasteiger partial charge in [0.05, 0.1) is 11.3 Å². The standard InChI is InChI=1S/C11H8F4N4/c12-7-2-1-6(11(13,14)15)5-8(7)17-10-4-3-9(16)18-19-10/h1-5H,(H2,16,18)(H,17,19). The van der Waals surface area contributed by atoms with Gasteiger partial charge in [0.1, 0.15) is 11.6 Å². The van der Waals surface area contributed by atoms with Gasteiger partial charge in [-0.15, -0.1) is 10.2 Å². The van der Waals surface area contributed by atoms with Gasteiger partial charge in [0.15, 0.2) is 5.82 Å². The summed E-state index contributed by atoms with van der Waals surface area (Å²) in [6, 6.07) is 4.82. The summed E-state index contributed by atoms with van der Waals surface area (Å²) in [5.41, 5.74) is 4.01. The van der Waals surface area contributed by atoms with Gasteiger partial charge in [-0.3, -0.25) is 0 Å². The quantitative estimate of drug-likeness (QED) is 0.825. The van der Waals surface area contributed by atoms with Crippen molar-refractivity contribution in [3.63, 3.8) is 0 Å². The van der Waals surface area contributed by atoms with Crippen LogP contribution in [0.5, 0.6) is 0 Å². The summed E-state index contributed by atoms with van der Waals surface area (Å²) in [5.74, 6) is -0.589. The Morgan fingerprint density at radius 2 is 1.79 bits per heavy atom. The van der Waals surface area contributed by atoms with Crippen LogP contribution in [-0.2, 0) is 6.18 Å². The molecule has 0 saturated heterocycles. The predicted molar refractivity (Wildman–Crippen MR) is 61.1 cm³/mol. The van der Waals surface area contributed by atoms with Crippen LogP contribution in [-0.4, -0.2) is 10.2 Å². The molecule has 0 saturated carbocycles. The van der Waals surface area contributed by atoms with Crippen molar-refractivity contribution in [1.82, 2.24) is 10.2 Å². The van der Waals surface area contributed by atoms with Crippen molar-refractivity contribution in [1.29, 1.82) is 0 Å². The van der Waals surface area contributed by atoms with Gasteiger partial charge in [-0.1, -0.05) is 0 Å². The smallest absolute Gasteiger partial charge is 0.382 e. The summed E-state index contributed by atoms with van der Waals surface area (Å²) in [6.07, 6.45) is -4.54. The third-order valence-corrected chi connectivity index (χ3v) is 2.24. The van der Waals surface area contributed by atoms with E-state index >= 15 is 0 Å². The number of anilines is 3. The average molecular weight is 272 g/mol. The molecule has 19 heavy (non-hydrogen) atoms. The summed E-state index contributed by atoms with van der Waals surface area (Å²) >= 11 is 0. The van der Waals surface area contributed by atoms with Crippen LogP contribution in [0, 0.1) is 5.82 Å². The lowest BCUT2D eigenvalue weighted by molar-refractivity contribution is -0.137. The van der Waals surface area contributed by atoms with Crippen LogP contribution in [0.15, 0.2) is 30.3 Å². The molecule has 1 heterocycles. The molecule has 3 N–H and O–H groups in total. The van der Waals surface area contributed by atoms with Gasteiger partial charge < -0.3 is 11.1 Å². The SMILES string of the molecule is Nc1ccc(Nc2cc(C(F)(F)F)ccc2F)nn1. The number of nitrogens with one attached hydrogen (secondary N) is 1. The molecule has 1 aromatic heterocycles. The Balaban J connectivity index is 2.31. The number of alkyl halides is 3. The minimum Gasteiger partial charge on any atom is -0.382 e. The van der Waals surface area contributed by atoms with Crippen LogP contribution in [0.4, 0.5) is 34.9 Å². The van der Waals surface area contributed by atoms with E-state index in [0.717, 1.165) is 6.07 Å². The molecule has 0 atom stereocenters. The summed E-state index contributed by atoms with van der Waals surface area (Å²) < 4.78 is 50.9. The van der Waals surface area contributed by atoms with Crippen molar-refractivity contribution < 1.29 is 17.6 Å². The number of nitrogens with two attached hydrogens (primary N) is 1. The second-order valence-corrected chi connectivity index (χ2v) is 3.66. The van der Waals surface area contributed by atoms with Gasteiger partial charge in [-0.25, -0.2) is 4.39 Å². The number of nitrogens with zero attached hydrogens (tertiary/aromatic N) is 2. The first-order valence-corrected chi connectivity index (χ1v) is 5.09. The molecule has 0 fully saturated rings. The molecule has 4 nitrogen and oxygen atoms in total. The van der Waals surface area contributed by atoms with Gasteiger partial charge >= 0.3 is 6.18 Å². The molecule has 0 amide bonds. The highest BCUT2D eigenvalue weighted by Crippen LogP contribution is 2.32. The van der Waals surface area contributed by atoms with E-state index in [1.54, 1.807) is 0 Å². The van der Waals surface area contributed by atoms with E-state index in [4.69, 9.17) is 5.73 Å². The van der Waals surface area contributed by atoms with E-state index in [0.29, 0.717) is 12.1 Å². The molecule has 2 aromatic rings. The Bertz CT molecular complexity index is 580. The van der Waals surface area contributed by atoms with E-state index in [9.17, 15) is 17.6 Å². The zero-order chi connectivity index (χ0) is 14.0. The van der Waals surface area contributed by atoms with Crippen LogP contribution in [0.1, 0.15) is 5.56 Å². The molecular formula is C11H8F4N4. The maximum absolute atomic E-state index is 13.4. The molecular weight excluding hydrogens is 264 g/mol. The van der Waals surface area contributed by atoms with Crippen LogP contribution >= 0.6 is 0 Å². The lowest BCUT2D eigenvalue weighted by Gasteiger charge is -2.10. The second-order valence-electron chi connectivity index (χ2n) is 3.66. The first-order chi connectivity index (χ1) is 8.86. The van der Waals surface area contributed by atoms with Gasteiger partial charge in [-0.2, -0.15) is 13.2 Å². The number of rotatable bonds is 2. The molecule has 100 valence electrons. The highest BCUT2D eigenvalue weighted by Gasteiger charge is 2.31. The van der Waals surface area contributed by atoms with Crippen LogP contribution in [0.25, 0.3) is 0 Å². The number of benzene rings is 1. The summed E-state index contributed by atoms with van der Waals surface area (Å²) in [5, 5.41) is 9.48. The molecule has 0 bridgehead atoms. The fourth-order valence-electron chi connectivity index (χ4n) is 1.34. The predicted octanol–water partition coefficient (Wildman–Crippen LogP) is 2.96. The van der Waals surface area contributed by atoms with E-state index in [2.05, 4.69) is 15.5 Å². The van der Waals surface area contributed by atoms with E-state index < -0.39 is 17.6 Å². The molecule has 0 aliphatic heterocycles. The van der Waals surface area contributed by atoms with Gasteiger partial charge in [-0.05, 0) is 30.3 Å². The summed E-state index contributed by atoms with van der Waals surface area (Å²) in [6.45, 7) is 0. The lowest BCUT2D eigenvalue weighted by atomic mass is 10.2.